The number of carboxylic acids is 1. The van der Waals surface area contributed by atoms with Crippen molar-refractivity contribution in [2.24, 2.45) is 0 Å². The van der Waals surface area contributed by atoms with Crippen LogP contribution in [0, 0.1) is 0 Å². The van der Waals surface area contributed by atoms with E-state index in [0.29, 0.717) is 11.3 Å². The van der Waals surface area contributed by atoms with Gasteiger partial charge in [-0.1, -0.05) is 42.5 Å². The summed E-state index contributed by atoms with van der Waals surface area (Å²) in [6.45, 7) is 0. The second kappa shape index (κ2) is 6.47. The molecule has 0 unspecified atom stereocenters. The third-order valence-corrected chi connectivity index (χ3v) is 2.82. The van der Waals surface area contributed by atoms with Gasteiger partial charge in [-0.15, -0.1) is 0 Å². The van der Waals surface area contributed by atoms with Gasteiger partial charge in [-0.25, -0.2) is 0 Å². The molecule has 5 heteroatoms. The Hall–Kier alpha value is -2.95. The molecule has 1 amide bonds. The molecule has 0 saturated carbocycles. The molecule has 0 aliphatic rings. The Labute approximate surface area is 121 Å². The molecule has 2 aromatic rings. The van der Waals surface area contributed by atoms with E-state index in [4.69, 9.17) is 0 Å². The highest BCUT2D eigenvalue weighted by molar-refractivity contribution is 6.11. The summed E-state index contributed by atoms with van der Waals surface area (Å²) in [5.41, 5.74) is 0.916. The molecule has 2 rings (SSSR count). The largest absolute Gasteiger partial charge is 0.545 e. The molecule has 0 saturated heterocycles. The van der Waals surface area contributed by atoms with Crippen LogP contribution in [0.15, 0.2) is 54.6 Å². The predicted octanol–water partition coefficient (Wildman–Crippen LogP) is 1.26. The number of carbonyl (C=O) groups excluding carboxylic acids is 3. The number of ketones is 1. The maximum absolute atomic E-state index is 11.8. The maximum Gasteiger partial charge on any atom is 0.232 e. The number of nitrogens with one attached hydrogen (secondary N) is 1. The van der Waals surface area contributed by atoms with Crippen LogP contribution in [0.25, 0.3) is 0 Å². The molecule has 0 aromatic heterocycles. The SMILES string of the molecule is O=C(CC(=O)c1ccccc1)Nc1ccc(C(=O)[O-])cc1. The standard InChI is InChI=1S/C16H13NO4/c18-14(11-4-2-1-3-5-11)10-15(19)17-13-8-6-12(7-9-13)16(20)21/h1-9H,10H2,(H,17,19)(H,20,21)/p-1. The molecule has 0 fully saturated rings. The molecular formula is C16H12NO4-. The molecule has 0 atom stereocenters. The molecule has 2 aromatic carbocycles. The average Bonchev–Trinajstić information content (AvgIpc) is 2.48. The quantitative estimate of drug-likeness (QED) is 0.660. The number of rotatable bonds is 5. The lowest BCUT2D eigenvalue weighted by Crippen LogP contribution is -2.22. The lowest BCUT2D eigenvalue weighted by molar-refractivity contribution is -0.255. The summed E-state index contributed by atoms with van der Waals surface area (Å²) < 4.78 is 0. The summed E-state index contributed by atoms with van der Waals surface area (Å²) in [7, 11) is 0. The first-order chi connectivity index (χ1) is 10.1. The van der Waals surface area contributed by atoms with Crippen LogP contribution in [0.2, 0.25) is 0 Å². The first-order valence-corrected chi connectivity index (χ1v) is 6.26. The normalized spacial score (nSPS) is 9.90. The number of aromatic carboxylic acids is 1. The van der Waals surface area contributed by atoms with E-state index in [1.165, 1.54) is 24.3 Å². The first kappa shape index (κ1) is 14.5. The van der Waals surface area contributed by atoms with Gasteiger partial charge in [0.15, 0.2) is 5.78 Å². The van der Waals surface area contributed by atoms with Crippen molar-refractivity contribution in [3.05, 3.63) is 65.7 Å². The molecule has 5 nitrogen and oxygen atoms in total. The molecule has 0 aliphatic heterocycles. The van der Waals surface area contributed by atoms with E-state index in [9.17, 15) is 19.5 Å². The van der Waals surface area contributed by atoms with Crippen LogP contribution in [-0.4, -0.2) is 17.7 Å². The zero-order valence-corrected chi connectivity index (χ0v) is 11.0. The molecule has 0 heterocycles. The number of benzene rings is 2. The van der Waals surface area contributed by atoms with Crippen LogP contribution in [-0.2, 0) is 4.79 Å². The van der Waals surface area contributed by atoms with Gasteiger partial charge in [0.2, 0.25) is 5.91 Å². The number of anilines is 1. The summed E-state index contributed by atoms with van der Waals surface area (Å²) in [6.07, 6.45) is -0.272. The number of hydrogen-bond donors (Lipinski definition) is 1. The molecule has 0 aliphatic carbocycles. The lowest BCUT2D eigenvalue weighted by Gasteiger charge is -2.07. The monoisotopic (exact) mass is 282 g/mol. The van der Waals surface area contributed by atoms with Crippen molar-refractivity contribution >= 4 is 23.3 Å². The molecule has 0 bridgehead atoms. The Morgan fingerprint density at radius 1 is 0.857 bits per heavy atom. The third-order valence-electron chi connectivity index (χ3n) is 2.82. The van der Waals surface area contributed by atoms with E-state index in [1.807, 2.05) is 0 Å². The van der Waals surface area contributed by atoms with Gasteiger partial charge >= 0.3 is 0 Å². The van der Waals surface area contributed by atoms with E-state index in [1.54, 1.807) is 30.3 Å². The van der Waals surface area contributed by atoms with Gasteiger partial charge < -0.3 is 15.2 Å². The minimum atomic E-state index is -1.29. The van der Waals surface area contributed by atoms with E-state index in [2.05, 4.69) is 5.32 Å². The van der Waals surface area contributed by atoms with E-state index in [0.717, 1.165) is 0 Å². The summed E-state index contributed by atoms with van der Waals surface area (Å²) in [5.74, 6) is -2.02. The van der Waals surface area contributed by atoms with Crippen molar-refractivity contribution in [2.45, 2.75) is 6.42 Å². The van der Waals surface area contributed by atoms with Gasteiger partial charge in [0.25, 0.3) is 0 Å². The van der Waals surface area contributed by atoms with Gasteiger partial charge in [-0.3, -0.25) is 9.59 Å². The smallest absolute Gasteiger partial charge is 0.232 e. The number of carboxylic acid groups (broad SMARTS) is 1. The van der Waals surface area contributed by atoms with Crippen molar-refractivity contribution in [1.29, 1.82) is 0 Å². The summed E-state index contributed by atoms with van der Waals surface area (Å²) in [4.78, 5) is 34.2. The molecular weight excluding hydrogens is 270 g/mol. The van der Waals surface area contributed by atoms with Crippen molar-refractivity contribution in [1.82, 2.24) is 0 Å². The Bertz CT molecular complexity index is 662. The number of amides is 1. The number of hydrogen-bond acceptors (Lipinski definition) is 4. The van der Waals surface area contributed by atoms with Gasteiger partial charge in [0.1, 0.15) is 0 Å². The highest BCUT2D eigenvalue weighted by Gasteiger charge is 2.11. The third kappa shape index (κ3) is 4.01. The van der Waals surface area contributed by atoms with E-state index in [-0.39, 0.29) is 17.8 Å². The zero-order chi connectivity index (χ0) is 15.2. The van der Waals surface area contributed by atoms with Gasteiger partial charge in [0, 0.05) is 11.3 Å². The van der Waals surface area contributed by atoms with Crippen LogP contribution in [0.3, 0.4) is 0 Å². The van der Waals surface area contributed by atoms with Crippen LogP contribution >= 0.6 is 0 Å². The van der Waals surface area contributed by atoms with Crippen molar-refractivity contribution in [3.8, 4) is 0 Å². The molecule has 21 heavy (non-hydrogen) atoms. The molecule has 106 valence electrons. The van der Waals surface area contributed by atoms with E-state index < -0.39 is 11.9 Å². The second-order valence-corrected chi connectivity index (χ2v) is 4.38. The van der Waals surface area contributed by atoms with Gasteiger partial charge in [-0.2, -0.15) is 0 Å². The van der Waals surface area contributed by atoms with Crippen molar-refractivity contribution < 1.29 is 19.5 Å². The second-order valence-electron chi connectivity index (χ2n) is 4.38. The highest BCUT2D eigenvalue weighted by Crippen LogP contribution is 2.10. The van der Waals surface area contributed by atoms with Crippen molar-refractivity contribution in [3.63, 3.8) is 0 Å². The first-order valence-electron chi connectivity index (χ1n) is 6.26. The van der Waals surface area contributed by atoms with Crippen LogP contribution in [0.5, 0.6) is 0 Å². The minimum absolute atomic E-state index is 0.0216. The minimum Gasteiger partial charge on any atom is -0.545 e. The Morgan fingerprint density at radius 2 is 1.48 bits per heavy atom. The van der Waals surface area contributed by atoms with E-state index >= 15 is 0 Å². The fourth-order valence-electron chi connectivity index (χ4n) is 1.77. The van der Waals surface area contributed by atoms with Gasteiger partial charge in [-0.05, 0) is 17.7 Å². The van der Waals surface area contributed by atoms with Gasteiger partial charge in [0.05, 0.1) is 12.4 Å². The van der Waals surface area contributed by atoms with Crippen molar-refractivity contribution in [2.75, 3.05) is 5.32 Å². The summed E-state index contributed by atoms with van der Waals surface area (Å²) in [5, 5.41) is 13.1. The summed E-state index contributed by atoms with van der Waals surface area (Å²) >= 11 is 0. The van der Waals surface area contributed by atoms with Crippen LogP contribution in [0.4, 0.5) is 5.69 Å². The average molecular weight is 282 g/mol. The maximum atomic E-state index is 11.8. The molecule has 0 radical (unpaired) electrons. The molecule has 0 spiro atoms. The predicted molar refractivity (Wildman–Crippen MR) is 74.8 cm³/mol. The number of Topliss-reactive ketones (excluding diaryl/α,β-unsaturated/α-hetero) is 1. The lowest BCUT2D eigenvalue weighted by atomic mass is 10.1. The Kier molecular flexibility index (Phi) is 4.46. The molecule has 1 N–H and O–H groups in total. The number of carbonyl (C=O) groups is 3. The highest BCUT2D eigenvalue weighted by atomic mass is 16.4. The topological polar surface area (TPSA) is 86.3 Å². The fourth-order valence-corrected chi connectivity index (χ4v) is 1.77. The Balaban J connectivity index is 1.95. The Morgan fingerprint density at radius 3 is 2.05 bits per heavy atom. The zero-order valence-electron chi connectivity index (χ0n) is 11.0. The van der Waals surface area contributed by atoms with Crippen LogP contribution in [0.1, 0.15) is 27.1 Å². The van der Waals surface area contributed by atoms with Crippen LogP contribution < -0.4 is 10.4 Å². The fraction of sp³-hybridized carbons (Fsp3) is 0.0625. The summed E-state index contributed by atoms with van der Waals surface area (Å²) in [6, 6.07) is 14.1.